The molecule has 2 aliphatic rings. The lowest BCUT2D eigenvalue weighted by molar-refractivity contribution is -0.127. The van der Waals surface area contributed by atoms with Crippen molar-refractivity contribution in [2.45, 2.75) is 50.3 Å². The highest BCUT2D eigenvalue weighted by atomic mass is 32.2. The van der Waals surface area contributed by atoms with E-state index in [9.17, 15) is 9.00 Å². The van der Waals surface area contributed by atoms with Gasteiger partial charge < -0.3 is 10.1 Å². The van der Waals surface area contributed by atoms with Crippen molar-refractivity contribution in [2.24, 2.45) is 5.92 Å². The maximum atomic E-state index is 12.6. The summed E-state index contributed by atoms with van der Waals surface area (Å²) < 4.78 is 18.0. The zero-order chi connectivity index (χ0) is 16.2. The van der Waals surface area contributed by atoms with Crippen LogP contribution in [0.1, 0.15) is 38.2 Å². The molecule has 1 amide bonds. The number of para-hydroxylation sites is 1. The number of nitrogens with one attached hydrogen (secondary N) is 1. The van der Waals surface area contributed by atoms with Gasteiger partial charge in [-0.3, -0.25) is 9.00 Å². The van der Waals surface area contributed by atoms with Crippen LogP contribution >= 0.6 is 0 Å². The van der Waals surface area contributed by atoms with Crippen LogP contribution in [0.3, 0.4) is 0 Å². The highest BCUT2D eigenvalue weighted by molar-refractivity contribution is 7.85. The number of benzene rings is 1. The van der Waals surface area contributed by atoms with Crippen molar-refractivity contribution in [3.8, 4) is 5.75 Å². The third-order valence-electron chi connectivity index (χ3n) is 4.90. The lowest BCUT2D eigenvalue weighted by Gasteiger charge is -2.33. The van der Waals surface area contributed by atoms with Gasteiger partial charge in [0, 0.05) is 22.6 Å². The molecule has 1 N–H and O–H groups in total. The van der Waals surface area contributed by atoms with Crippen LogP contribution in [-0.4, -0.2) is 33.8 Å². The Morgan fingerprint density at radius 3 is 2.91 bits per heavy atom. The summed E-state index contributed by atoms with van der Waals surface area (Å²) in [4.78, 5) is 12.6. The highest BCUT2D eigenvalue weighted by Gasteiger charge is 2.33. The van der Waals surface area contributed by atoms with Crippen molar-refractivity contribution in [2.75, 3.05) is 12.4 Å². The van der Waals surface area contributed by atoms with Crippen LogP contribution in [-0.2, 0) is 22.0 Å². The molecular weight excluding hydrogens is 310 g/mol. The van der Waals surface area contributed by atoms with Crippen molar-refractivity contribution >= 4 is 16.7 Å². The molecule has 0 radical (unpaired) electrons. The summed E-state index contributed by atoms with van der Waals surface area (Å²) in [5.41, 5.74) is 1.09. The maximum Gasteiger partial charge on any atom is 0.227 e. The number of amides is 1. The SMILES string of the molecule is CC[S@](=O)[C@@H]1CCCC[C@H]1NC(=O)[C@H]1COc2ccccc2C1. The molecule has 4 nitrogen and oxygen atoms in total. The first-order valence-corrected chi connectivity index (χ1v) is 9.95. The van der Waals surface area contributed by atoms with E-state index in [1.807, 2.05) is 31.2 Å². The Morgan fingerprint density at radius 1 is 1.30 bits per heavy atom. The molecule has 1 heterocycles. The molecule has 0 saturated heterocycles. The molecule has 1 aromatic rings. The van der Waals surface area contributed by atoms with Gasteiger partial charge in [-0.25, -0.2) is 0 Å². The number of hydrogen-bond acceptors (Lipinski definition) is 3. The van der Waals surface area contributed by atoms with Crippen LogP contribution in [0.2, 0.25) is 0 Å². The lowest BCUT2D eigenvalue weighted by Crippen LogP contribution is -2.50. The van der Waals surface area contributed by atoms with Gasteiger partial charge in [0.05, 0.1) is 11.2 Å². The number of carbonyl (C=O) groups excluding carboxylic acids is 1. The first-order valence-electron chi connectivity index (χ1n) is 8.57. The standard InChI is InChI=1S/C18H25NO3S/c1-2-23(21)17-10-6-4-8-15(17)19-18(20)14-11-13-7-3-5-9-16(13)22-12-14/h3,5,7,9,14-15,17H,2,4,6,8,10-12H2,1H3,(H,19,20)/t14-,15-,17-,23+/m1/s1. The Morgan fingerprint density at radius 2 is 2.09 bits per heavy atom. The molecule has 3 rings (SSSR count). The highest BCUT2D eigenvalue weighted by Crippen LogP contribution is 2.28. The Labute approximate surface area is 140 Å². The summed E-state index contributed by atoms with van der Waals surface area (Å²) in [7, 11) is -0.847. The summed E-state index contributed by atoms with van der Waals surface area (Å²) in [6.07, 6.45) is 4.83. The quantitative estimate of drug-likeness (QED) is 0.919. The van der Waals surface area contributed by atoms with Gasteiger partial charge in [0.25, 0.3) is 0 Å². The lowest BCUT2D eigenvalue weighted by atomic mass is 9.92. The molecule has 0 aromatic heterocycles. The van der Waals surface area contributed by atoms with Crippen molar-refractivity contribution in [1.29, 1.82) is 0 Å². The Bertz CT molecular complexity index is 589. The fraction of sp³-hybridized carbons (Fsp3) is 0.611. The maximum absolute atomic E-state index is 12.6. The van der Waals surface area contributed by atoms with Crippen LogP contribution < -0.4 is 10.1 Å². The van der Waals surface area contributed by atoms with Gasteiger partial charge in [-0.2, -0.15) is 0 Å². The average Bonchev–Trinajstić information content (AvgIpc) is 2.61. The molecule has 0 spiro atoms. The molecule has 23 heavy (non-hydrogen) atoms. The van der Waals surface area contributed by atoms with Gasteiger partial charge >= 0.3 is 0 Å². The molecule has 1 saturated carbocycles. The normalized spacial score (nSPS) is 28.3. The fourth-order valence-corrected chi connectivity index (χ4v) is 5.02. The topological polar surface area (TPSA) is 55.4 Å². The van der Waals surface area contributed by atoms with E-state index >= 15 is 0 Å². The number of rotatable bonds is 4. The third-order valence-corrected chi connectivity index (χ3v) is 6.71. The molecular formula is C18H25NO3S. The molecule has 1 fully saturated rings. The monoisotopic (exact) mass is 335 g/mol. The van der Waals surface area contributed by atoms with Crippen LogP contribution in [0.25, 0.3) is 0 Å². The van der Waals surface area contributed by atoms with E-state index in [4.69, 9.17) is 4.74 Å². The first-order chi connectivity index (χ1) is 11.2. The molecule has 126 valence electrons. The molecule has 1 aliphatic carbocycles. The summed E-state index contributed by atoms with van der Waals surface area (Å²) in [6.45, 7) is 2.38. The smallest absolute Gasteiger partial charge is 0.227 e. The Kier molecular flexibility index (Phi) is 5.36. The van der Waals surface area contributed by atoms with E-state index in [0.717, 1.165) is 43.4 Å². The Hall–Kier alpha value is -1.36. The van der Waals surface area contributed by atoms with Crippen molar-refractivity contribution in [3.05, 3.63) is 29.8 Å². The summed E-state index contributed by atoms with van der Waals surface area (Å²) in [6, 6.07) is 7.94. The van der Waals surface area contributed by atoms with Gasteiger partial charge in [0.1, 0.15) is 12.4 Å². The van der Waals surface area contributed by atoms with Crippen molar-refractivity contribution in [3.63, 3.8) is 0 Å². The van der Waals surface area contributed by atoms with Crippen LogP contribution in [0.15, 0.2) is 24.3 Å². The second kappa shape index (κ2) is 7.47. The second-order valence-corrected chi connectivity index (χ2v) is 8.37. The zero-order valence-electron chi connectivity index (χ0n) is 13.6. The van der Waals surface area contributed by atoms with Gasteiger partial charge in [-0.15, -0.1) is 0 Å². The van der Waals surface area contributed by atoms with Crippen LogP contribution in [0.5, 0.6) is 5.75 Å². The van der Waals surface area contributed by atoms with E-state index in [2.05, 4.69) is 5.32 Å². The minimum atomic E-state index is -0.847. The number of carbonyl (C=O) groups is 1. The molecule has 4 atom stereocenters. The number of fused-ring (bicyclic) bond motifs is 1. The van der Waals surface area contributed by atoms with E-state index in [1.165, 1.54) is 0 Å². The summed E-state index contributed by atoms with van der Waals surface area (Å²) in [5.74, 6) is 1.45. The largest absolute Gasteiger partial charge is 0.492 e. The van der Waals surface area contributed by atoms with E-state index in [0.29, 0.717) is 12.4 Å². The molecule has 5 heteroatoms. The fourth-order valence-electron chi connectivity index (χ4n) is 3.59. The van der Waals surface area contributed by atoms with Crippen LogP contribution in [0.4, 0.5) is 0 Å². The zero-order valence-corrected chi connectivity index (χ0v) is 14.4. The van der Waals surface area contributed by atoms with Gasteiger partial charge in [0.2, 0.25) is 5.91 Å². The first kappa shape index (κ1) is 16.5. The average molecular weight is 335 g/mol. The Balaban J connectivity index is 1.63. The van der Waals surface area contributed by atoms with E-state index < -0.39 is 10.8 Å². The third kappa shape index (κ3) is 3.77. The van der Waals surface area contributed by atoms with Gasteiger partial charge in [-0.1, -0.05) is 38.0 Å². The van der Waals surface area contributed by atoms with Gasteiger partial charge in [-0.05, 0) is 30.9 Å². The summed E-state index contributed by atoms with van der Waals surface area (Å²) >= 11 is 0. The molecule has 1 aromatic carbocycles. The van der Waals surface area contributed by atoms with Crippen LogP contribution in [0, 0.1) is 5.92 Å². The predicted molar refractivity (Wildman–Crippen MR) is 92.0 cm³/mol. The van der Waals surface area contributed by atoms with Crippen molar-refractivity contribution < 1.29 is 13.7 Å². The molecule has 1 aliphatic heterocycles. The van der Waals surface area contributed by atoms with E-state index in [1.54, 1.807) is 0 Å². The summed E-state index contributed by atoms with van der Waals surface area (Å²) in [5, 5.41) is 3.28. The van der Waals surface area contributed by atoms with Crippen molar-refractivity contribution in [1.82, 2.24) is 5.32 Å². The molecule has 0 bridgehead atoms. The van der Waals surface area contributed by atoms with Gasteiger partial charge in [0.15, 0.2) is 0 Å². The van der Waals surface area contributed by atoms with E-state index in [-0.39, 0.29) is 23.1 Å². The number of ether oxygens (including phenoxy) is 1. The predicted octanol–water partition coefficient (Wildman–Crippen LogP) is 2.43. The molecule has 0 unspecified atom stereocenters. The minimum absolute atomic E-state index is 0.0458. The minimum Gasteiger partial charge on any atom is -0.492 e. The second-order valence-electron chi connectivity index (χ2n) is 6.43. The number of hydrogen-bond donors (Lipinski definition) is 1.